The molecule has 1 spiro atoms. The summed E-state index contributed by atoms with van der Waals surface area (Å²) >= 11 is 1.72. The summed E-state index contributed by atoms with van der Waals surface area (Å²) < 4.78 is 0. The molecule has 1 saturated carbocycles. The third kappa shape index (κ3) is 4.81. The second-order valence-electron chi connectivity index (χ2n) is 6.74. The van der Waals surface area contributed by atoms with Gasteiger partial charge in [-0.1, -0.05) is 13.8 Å². The number of aromatic nitrogens is 1. The second-order valence-corrected chi connectivity index (χ2v) is 7.63. The molecule has 0 bridgehead atoms. The maximum absolute atomic E-state index is 12.2. The summed E-state index contributed by atoms with van der Waals surface area (Å²) in [5, 5.41) is 9.79. The monoisotopic (exact) mass is 379 g/mol. The Kier molecular flexibility index (Phi) is 7.78. The molecule has 23 heavy (non-hydrogen) atoms. The zero-order valence-corrected chi connectivity index (χ0v) is 16.2. The molecule has 1 atom stereocenters. The van der Waals surface area contributed by atoms with Crippen molar-refractivity contribution in [2.75, 3.05) is 19.6 Å². The molecule has 1 aliphatic carbocycles. The number of piperidine rings is 1. The molecule has 7 heteroatoms. The van der Waals surface area contributed by atoms with Gasteiger partial charge in [0.15, 0.2) is 0 Å². The van der Waals surface area contributed by atoms with Crippen LogP contribution in [-0.2, 0) is 11.2 Å². The molecular weight excluding hydrogens is 353 g/mol. The van der Waals surface area contributed by atoms with Crippen LogP contribution in [0.1, 0.15) is 49.7 Å². The Balaban J connectivity index is 0.00000132. The number of rotatable bonds is 5. The van der Waals surface area contributed by atoms with Gasteiger partial charge in [-0.05, 0) is 37.8 Å². The average Bonchev–Trinajstić information content (AvgIpc) is 2.95. The van der Waals surface area contributed by atoms with Gasteiger partial charge in [-0.2, -0.15) is 0 Å². The first-order valence-electron chi connectivity index (χ1n) is 8.03. The number of hydrogen-bond donors (Lipinski definition) is 2. The van der Waals surface area contributed by atoms with E-state index in [1.54, 1.807) is 11.3 Å². The van der Waals surface area contributed by atoms with Crippen LogP contribution in [0, 0.1) is 11.3 Å². The highest BCUT2D eigenvalue weighted by atomic mass is 35.5. The van der Waals surface area contributed by atoms with Gasteiger partial charge in [-0.15, -0.1) is 36.2 Å². The Morgan fingerprint density at radius 2 is 2.13 bits per heavy atom. The van der Waals surface area contributed by atoms with E-state index < -0.39 is 0 Å². The van der Waals surface area contributed by atoms with E-state index in [1.165, 1.54) is 5.01 Å². The van der Waals surface area contributed by atoms with Crippen molar-refractivity contribution in [3.63, 3.8) is 0 Å². The lowest BCUT2D eigenvalue weighted by molar-refractivity contribution is -0.123. The molecule has 1 aromatic rings. The van der Waals surface area contributed by atoms with Crippen molar-refractivity contribution < 1.29 is 4.79 Å². The summed E-state index contributed by atoms with van der Waals surface area (Å²) in [5.74, 6) is 1.02. The zero-order chi connectivity index (χ0) is 14.9. The maximum atomic E-state index is 12.2. The third-order valence-electron chi connectivity index (χ3n) is 4.85. The fourth-order valence-corrected chi connectivity index (χ4v) is 4.20. The predicted octanol–water partition coefficient (Wildman–Crippen LogP) is 3.16. The van der Waals surface area contributed by atoms with Crippen LogP contribution in [0.4, 0.5) is 0 Å². The highest BCUT2D eigenvalue weighted by Crippen LogP contribution is 2.58. The van der Waals surface area contributed by atoms with Gasteiger partial charge in [0.05, 0.1) is 10.7 Å². The summed E-state index contributed by atoms with van der Waals surface area (Å²) in [5.41, 5.74) is 1.44. The molecule has 3 rings (SSSR count). The van der Waals surface area contributed by atoms with E-state index in [-0.39, 0.29) is 36.6 Å². The largest absolute Gasteiger partial charge is 0.355 e. The van der Waals surface area contributed by atoms with Crippen molar-refractivity contribution in [2.24, 2.45) is 11.3 Å². The Bertz CT molecular complexity index is 515. The maximum Gasteiger partial charge on any atom is 0.223 e. The Morgan fingerprint density at radius 1 is 1.43 bits per heavy atom. The molecule has 0 radical (unpaired) electrons. The van der Waals surface area contributed by atoms with Crippen LogP contribution in [0.3, 0.4) is 0 Å². The van der Waals surface area contributed by atoms with Crippen molar-refractivity contribution in [3.8, 4) is 0 Å². The number of halogens is 2. The van der Waals surface area contributed by atoms with Crippen LogP contribution in [0.5, 0.6) is 0 Å². The summed E-state index contributed by atoms with van der Waals surface area (Å²) in [6, 6.07) is 0. The molecule has 2 heterocycles. The molecular formula is C16H27Cl2N3OS. The van der Waals surface area contributed by atoms with E-state index in [4.69, 9.17) is 0 Å². The van der Waals surface area contributed by atoms with Gasteiger partial charge >= 0.3 is 0 Å². The molecule has 1 aliphatic heterocycles. The number of hydrogen-bond acceptors (Lipinski definition) is 4. The molecule has 1 saturated heterocycles. The highest BCUT2D eigenvalue weighted by molar-refractivity contribution is 7.09. The normalized spacial score (nSPS) is 21.4. The number of thiazole rings is 1. The summed E-state index contributed by atoms with van der Waals surface area (Å²) in [4.78, 5) is 16.8. The minimum Gasteiger partial charge on any atom is -0.355 e. The van der Waals surface area contributed by atoms with Crippen molar-refractivity contribution >= 4 is 42.1 Å². The van der Waals surface area contributed by atoms with Crippen LogP contribution >= 0.6 is 36.2 Å². The smallest absolute Gasteiger partial charge is 0.223 e. The summed E-state index contributed by atoms with van der Waals surface area (Å²) in [7, 11) is 0. The standard InChI is InChI=1S/C16H25N3OS.2ClH/c1-11(2)15-19-12(10-21-15)3-6-18-14(20)13-9-16(13)4-7-17-8-5-16;;/h10-11,13,17H,3-9H2,1-2H3,(H,18,20);2*1H. The van der Waals surface area contributed by atoms with Crippen LogP contribution in [-0.4, -0.2) is 30.5 Å². The lowest BCUT2D eigenvalue weighted by Gasteiger charge is -2.23. The first-order valence-corrected chi connectivity index (χ1v) is 8.91. The minimum absolute atomic E-state index is 0. The Hall–Kier alpha value is -0.360. The molecule has 2 fully saturated rings. The number of nitrogens with zero attached hydrogens (tertiary/aromatic N) is 1. The van der Waals surface area contributed by atoms with E-state index in [0.717, 1.165) is 44.5 Å². The van der Waals surface area contributed by atoms with Gasteiger partial charge in [0.2, 0.25) is 5.91 Å². The molecule has 1 amide bonds. The van der Waals surface area contributed by atoms with E-state index in [9.17, 15) is 4.79 Å². The first-order chi connectivity index (χ1) is 10.1. The molecule has 1 unspecified atom stereocenters. The van der Waals surface area contributed by atoms with E-state index in [1.807, 2.05) is 0 Å². The lowest BCUT2D eigenvalue weighted by Crippen LogP contribution is -2.34. The van der Waals surface area contributed by atoms with Crippen molar-refractivity contribution in [2.45, 2.75) is 45.4 Å². The molecule has 0 aromatic carbocycles. The predicted molar refractivity (Wildman–Crippen MR) is 100 cm³/mol. The van der Waals surface area contributed by atoms with Gasteiger partial charge in [-0.3, -0.25) is 4.79 Å². The Morgan fingerprint density at radius 3 is 2.74 bits per heavy atom. The number of nitrogens with one attached hydrogen (secondary N) is 2. The zero-order valence-electron chi connectivity index (χ0n) is 13.8. The second kappa shape index (κ2) is 8.65. The van der Waals surface area contributed by atoms with Crippen molar-refractivity contribution in [1.29, 1.82) is 0 Å². The third-order valence-corrected chi connectivity index (χ3v) is 6.04. The quantitative estimate of drug-likeness (QED) is 0.825. The van der Waals surface area contributed by atoms with Crippen molar-refractivity contribution in [3.05, 3.63) is 16.1 Å². The van der Waals surface area contributed by atoms with E-state index >= 15 is 0 Å². The highest BCUT2D eigenvalue weighted by Gasteiger charge is 2.57. The average molecular weight is 380 g/mol. The number of amides is 1. The van der Waals surface area contributed by atoms with E-state index in [0.29, 0.717) is 17.9 Å². The van der Waals surface area contributed by atoms with Crippen LogP contribution in [0.25, 0.3) is 0 Å². The molecule has 1 aromatic heterocycles. The fraction of sp³-hybridized carbons (Fsp3) is 0.750. The van der Waals surface area contributed by atoms with Crippen molar-refractivity contribution in [1.82, 2.24) is 15.6 Å². The van der Waals surface area contributed by atoms with Gasteiger partial charge in [0.25, 0.3) is 0 Å². The molecule has 132 valence electrons. The van der Waals surface area contributed by atoms with Gasteiger partial charge < -0.3 is 10.6 Å². The topological polar surface area (TPSA) is 54.0 Å². The SMILES string of the molecule is CC(C)c1nc(CCNC(=O)C2CC23CCNCC3)cs1.Cl.Cl. The fourth-order valence-electron chi connectivity index (χ4n) is 3.34. The minimum atomic E-state index is 0. The van der Waals surface area contributed by atoms with Crippen LogP contribution in [0.2, 0.25) is 0 Å². The molecule has 2 N–H and O–H groups in total. The van der Waals surface area contributed by atoms with Gasteiger partial charge in [0.1, 0.15) is 0 Å². The number of carbonyl (C=O) groups is 1. The number of carbonyl (C=O) groups excluding carboxylic acids is 1. The summed E-state index contributed by atoms with van der Waals surface area (Å²) in [6.45, 7) is 7.18. The summed E-state index contributed by atoms with van der Waals surface area (Å²) in [6.07, 6.45) is 4.26. The molecule has 2 aliphatic rings. The first kappa shape index (κ1) is 20.7. The lowest BCUT2D eigenvalue weighted by atomic mass is 9.92. The Labute approximate surface area is 155 Å². The van der Waals surface area contributed by atoms with Gasteiger partial charge in [0, 0.05) is 30.2 Å². The molecule has 4 nitrogen and oxygen atoms in total. The van der Waals surface area contributed by atoms with Crippen LogP contribution in [0.15, 0.2) is 5.38 Å². The van der Waals surface area contributed by atoms with Gasteiger partial charge in [-0.25, -0.2) is 4.98 Å². The van der Waals surface area contributed by atoms with Crippen LogP contribution < -0.4 is 10.6 Å². The van der Waals surface area contributed by atoms with E-state index in [2.05, 4.69) is 34.8 Å².